The third-order valence-corrected chi connectivity index (χ3v) is 6.17. The van der Waals surface area contributed by atoms with E-state index in [2.05, 4.69) is 25.9 Å². The molecule has 0 saturated carbocycles. The van der Waals surface area contributed by atoms with Gasteiger partial charge in [-0.1, -0.05) is 40.2 Å². The standard InChI is InChI=1S/C23H17BrN4O2/c24-21-15(9-11-17-22(29)27-13-3-1-5-19(27)25-17)7-8-16(21)10-12-18-23(30)28-14-4-2-6-20(28)26-18/h1-6,9-14,29H,7-8H2/b11-9+,16-10+,18-12+. The summed E-state index contributed by atoms with van der Waals surface area (Å²) in [6.45, 7) is 0. The summed E-state index contributed by atoms with van der Waals surface area (Å²) in [5, 5.41) is 10.3. The molecule has 6 nitrogen and oxygen atoms in total. The summed E-state index contributed by atoms with van der Waals surface area (Å²) in [5.41, 5.74) is 3.87. The number of aromatic nitrogens is 2. The number of imidazole rings is 1. The van der Waals surface area contributed by atoms with Crippen LogP contribution < -0.4 is 0 Å². The van der Waals surface area contributed by atoms with Gasteiger partial charge < -0.3 is 5.11 Å². The molecule has 7 heteroatoms. The SMILES string of the molecule is O=C1/C(=C\C=C2/CCC(/C=C/c3nc4ccccn4c3O)=C2Br)N=C2C=CC=CN12. The second kappa shape index (κ2) is 7.42. The molecule has 0 saturated heterocycles. The van der Waals surface area contributed by atoms with E-state index in [9.17, 15) is 9.90 Å². The predicted octanol–water partition coefficient (Wildman–Crippen LogP) is 4.63. The van der Waals surface area contributed by atoms with Gasteiger partial charge in [-0.3, -0.25) is 14.1 Å². The van der Waals surface area contributed by atoms with Crippen LogP contribution in [-0.2, 0) is 4.79 Å². The molecule has 2 aromatic rings. The van der Waals surface area contributed by atoms with Crippen LogP contribution in [0.25, 0.3) is 11.7 Å². The first-order chi connectivity index (χ1) is 14.6. The number of carbonyl (C=O) groups is 1. The highest BCUT2D eigenvalue weighted by Crippen LogP contribution is 2.37. The highest BCUT2D eigenvalue weighted by atomic mass is 79.9. The molecule has 0 fully saturated rings. The maximum absolute atomic E-state index is 12.4. The first kappa shape index (κ1) is 18.6. The molecule has 1 aliphatic carbocycles. The highest BCUT2D eigenvalue weighted by molar-refractivity contribution is 9.12. The van der Waals surface area contributed by atoms with Gasteiger partial charge in [-0.25, -0.2) is 9.98 Å². The maximum atomic E-state index is 12.4. The van der Waals surface area contributed by atoms with Crippen molar-refractivity contribution in [3.8, 4) is 5.88 Å². The Labute approximate surface area is 181 Å². The summed E-state index contributed by atoms with van der Waals surface area (Å²) in [6, 6.07) is 5.58. The number of aromatic hydroxyl groups is 1. The molecular formula is C23H17BrN4O2. The highest BCUT2D eigenvalue weighted by Gasteiger charge is 2.27. The molecule has 0 radical (unpaired) electrons. The zero-order valence-corrected chi connectivity index (χ0v) is 17.5. The van der Waals surface area contributed by atoms with E-state index in [0.717, 1.165) is 28.5 Å². The fourth-order valence-corrected chi connectivity index (χ4v) is 4.24. The second-order valence-electron chi connectivity index (χ2n) is 7.01. The fraction of sp³-hybridized carbons (Fsp3) is 0.0870. The summed E-state index contributed by atoms with van der Waals surface area (Å²) in [5.74, 6) is 0.641. The van der Waals surface area contributed by atoms with Crippen LogP contribution in [0.15, 0.2) is 93.4 Å². The number of fused-ring (bicyclic) bond motifs is 2. The number of amidine groups is 1. The van der Waals surface area contributed by atoms with Crippen LogP contribution in [0.2, 0.25) is 0 Å². The number of allylic oxidation sites excluding steroid dienone is 8. The Morgan fingerprint density at radius 2 is 2.03 bits per heavy atom. The summed E-state index contributed by atoms with van der Waals surface area (Å²) in [4.78, 5) is 22.8. The Morgan fingerprint density at radius 3 is 2.87 bits per heavy atom. The molecule has 30 heavy (non-hydrogen) atoms. The lowest BCUT2D eigenvalue weighted by molar-refractivity contribution is -0.121. The van der Waals surface area contributed by atoms with Crippen molar-refractivity contribution in [1.29, 1.82) is 0 Å². The average Bonchev–Trinajstić information content (AvgIpc) is 3.39. The smallest absolute Gasteiger partial charge is 0.282 e. The summed E-state index contributed by atoms with van der Waals surface area (Å²) in [7, 11) is 0. The van der Waals surface area contributed by atoms with Crippen molar-refractivity contribution in [1.82, 2.24) is 14.3 Å². The van der Waals surface area contributed by atoms with E-state index in [1.54, 1.807) is 27.8 Å². The lowest BCUT2D eigenvalue weighted by Crippen LogP contribution is -2.26. The number of carbonyl (C=O) groups excluding carboxylic acids is 1. The molecule has 1 N–H and O–H groups in total. The minimum atomic E-state index is -0.122. The van der Waals surface area contributed by atoms with E-state index < -0.39 is 0 Å². The molecular weight excluding hydrogens is 444 g/mol. The molecule has 0 aromatic carbocycles. The number of pyridine rings is 1. The quantitative estimate of drug-likeness (QED) is 0.678. The Kier molecular flexibility index (Phi) is 4.59. The minimum absolute atomic E-state index is 0.121. The lowest BCUT2D eigenvalue weighted by atomic mass is 10.2. The number of halogens is 1. The fourth-order valence-electron chi connectivity index (χ4n) is 3.58. The molecule has 0 bridgehead atoms. The van der Waals surface area contributed by atoms with Crippen molar-refractivity contribution in [3.63, 3.8) is 0 Å². The Morgan fingerprint density at radius 1 is 1.13 bits per heavy atom. The largest absolute Gasteiger partial charge is 0.493 e. The van der Waals surface area contributed by atoms with Gasteiger partial charge in [0, 0.05) is 16.9 Å². The van der Waals surface area contributed by atoms with Crippen molar-refractivity contribution in [2.24, 2.45) is 4.99 Å². The van der Waals surface area contributed by atoms with Crippen LogP contribution in [0.3, 0.4) is 0 Å². The van der Waals surface area contributed by atoms with Crippen LogP contribution in [0.5, 0.6) is 5.88 Å². The van der Waals surface area contributed by atoms with Crippen LogP contribution in [0.4, 0.5) is 0 Å². The Bertz CT molecular complexity index is 1290. The number of rotatable bonds is 3. The molecule has 2 aliphatic heterocycles. The van der Waals surface area contributed by atoms with Gasteiger partial charge in [-0.05, 0) is 60.4 Å². The van der Waals surface area contributed by atoms with Gasteiger partial charge in [0.2, 0.25) is 5.88 Å². The molecule has 3 aliphatic rings. The van der Waals surface area contributed by atoms with Gasteiger partial charge in [0.05, 0.1) is 0 Å². The zero-order valence-electron chi connectivity index (χ0n) is 15.9. The number of nitrogens with zero attached hydrogens (tertiary/aromatic N) is 4. The van der Waals surface area contributed by atoms with Gasteiger partial charge in [-0.15, -0.1) is 0 Å². The number of hydrogen-bond donors (Lipinski definition) is 1. The first-order valence-electron chi connectivity index (χ1n) is 9.53. The van der Waals surface area contributed by atoms with Crippen molar-refractivity contribution < 1.29 is 9.90 Å². The van der Waals surface area contributed by atoms with Gasteiger partial charge in [0.25, 0.3) is 5.91 Å². The normalized spacial score (nSPS) is 21.2. The third-order valence-electron chi connectivity index (χ3n) is 5.15. The minimum Gasteiger partial charge on any atom is -0.493 e. The van der Waals surface area contributed by atoms with E-state index in [4.69, 9.17) is 0 Å². The molecule has 0 spiro atoms. The van der Waals surface area contributed by atoms with Gasteiger partial charge >= 0.3 is 0 Å². The van der Waals surface area contributed by atoms with Crippen LogP contribution >= 0.6 is 15.9 Å². The zero-order chi connectivity index (χ0) is 20.7. The van der Waals surface area contributed by atoms with E-state index in [1.165, 1.54) is 0 Å². The molecule has 1 amide bonds. The van der Waals surface area contributed by atoms with Crippen LogP contribution in [0.1, 0.15) is 18.5 Å². The van der Waals surface area contributed by atoms with Crippen LogP contribution in [-0.4, -0.2) is 31.1 Å². The molecule has 4 heterocycles. The van der Waals surface area contributed by atoms with Crippen molar-refractivity contribution in [2.75, 3.05) is 0 Å². The topological polar surface area (TPSA) is 70.2 Å². The van der Waals surface area contributed by atoms with Crippen molar-refractivity contribution in [2.45, 2.75) is 12.8 Å². The Balaban J connectivity index is 1.38. The van der Waals surface area contributed by atoms with Gasteiger partial charge in [-0.2, -0.15) is 0 Å². The predicted molar refractivity (Wildman–Crippen MR) is 120 cm³/mol. The first-order valence-corrected chi connectivity index (χ1v) is 10.3. The van der Waals surface area contributed by atoms with Crippen molar-refractivity contribution >= 4 is 39.4 Å². The monoisotopic (exact) mass is 460 g/mol. The molecule has 2 aromatic heterocycles. The van der Waals surface area contributed by atoms with Crippen LogP contribution in [0, 0.1) is 0 Å². The Hall–Kier alpha value is -3.45. The number of aliphatic imine (C=N–C) groups is 1. The van der Waals surface area contributed by atoms with E-state index in [1.807, 2.05) is 54.7 Å². The van der Waals surface area contributed by atoms with Gasteiger partial charge in [0.15, 0.2) is 0 Å². The van der Waals surface area contributed by atoms with Crippen molar-refractivity contribution in [3.05, 3.63) is 94.1 Å². The van der Waals surface area contributed by atoms with E-state index >= 15 is 0 Å². The number of amides is 1. The van der Waals surface area contributed by atoms with E-state index in [-0.39, 0.29) is 11.8 Å². The molecule has 0 unspecified atom stereocenters. The molecule has 0 atom stereocenters. The second-order valence-corrected chi connectivity index (χ2v) is 7.80. The maximum Gasteiger partial charge on any atom is 0.282 e. The molecule has 5 rings (SSSR count). The summed E-state index contributed by atoms with van der Waals surface area (Å²) >= 11 is 3.67. The summed E-state index contributed by atoms with van der Waals surface area (Å²) in [6.07, 6.45) is 18.2. The summed E-state index contributed by atoms with van der Waals surface area (Å²) < 4.78 is 2.64. The van der Waals surface area contributed by atoms with E-state index in [0.29, 0.717) is 22.9 Å². The van der Waals surface area contributed by atoms with Gasteiger partial charge in [0.1, 0.15) is 22.9 Å². The lowest BCUT2D eigenvalue weighted by Gasteiger charge is -2.11. The number of hydrogen-bond acceptors (Lipinski definition) is 4. The average molecular weight is 461 g/mol. The third kappa shape index (κ3) is 3.17. The molecule has 148 valence electrons.